The molecule has 1 aliphatic heterocycles. The molecule has 0 saturated heterocycles. The zero-order valence-corrected chi connectivity index (χ0v) is 8.64. The van der Waals surface area contributed by atoms with Gasteiger partial charge in [0.05, 0.1) is 17.7 Å². The Morgan fingerprint density at radius 1 is 1.40 bits per heavy atom. The standard InChI is InChI=1S/C12H13N3/c1-15-8-10(7-13)11(14)12(15)9-5-3-2-4-6-9/h2-6,12H,8,14H2,1H3. The summed E-state index contributed by atoms with van der Waals surface area (Å²) >= 11 is 0. The maximum atomic E-state index is 8.90. The zero-order chi connectivity index (χ0) is 10.8. The highest BCUT2D eigenvalue weighted by Gasteiger charge is 2.29. The van der Waals surface area contributed by atoms with Crippen molar-refractivity contribution < 1.29 is 0 Å². The molecular weight excluding hydrogens is 186 g/mol. The number of nitriles is 1. The minimum atomic E-state index is 0.0563. The predicted octanol–water partition coefficient (Wildman–Crippen LogP) is 1.41. The molecule has 0 amide bonds. The molecule has 0 aromatic heterocycles. The van der Waals surface area contributed by atoms with E-state index >= 15 is 0 Å². The van der Waals surface area contributed by atoms with E-state index < -0.39 is 0 Å². The summed E-state index contributed by atoms with van der Waals surface area (Å²) in [6, 6.07) is 12.2. The number of benzene rings is 1. The van der Waals surface area contributed by atoms with Crippen molar-refractivity contribution in [2.45, 2.75) is 6.04 Å². The van der Waals surface area contributed by atoms with Crippen LogP contribution in [0.4, 0.5) is 0 Å². The molecule has 1 aromatic rings. The summed E-state index contributed by atoms with van der Waals surface area (Å²) in [7, 11) is 1.98. The second kappa shape index (κ2) is 3.76. The Labute approximate surface area is 89.4 Å². The summed E-state index contributed by atoms with van der Waals surface area (Å²) in [5, 5.41) is 8.90. The average Bonchev–Trinajstić information content (AvgIpc) is 2.55. The maximum absolute atomic E-state index is 8.90. The van der Waals surface area contributed by atoms with Gasteiger partial charge >= 0.3 is 0 Å². The molecule has 1 aromatic carbocycles. The Balaban J connectivity index is 2.39. The molecule has 1 unspecified atom stereocenters. The largest absolute Gasteiger partial charge is 0.400 e. The third kappa shape index (κ3) is 1.60. The highest BCUT2D eigenvalue weighted by atomic mass is 15.2. The van der Waals surface area contributed by atoms with Gasteiger partial charge in [-0.25, -0.2) is 0 Å². The average molecular weight is 199 g/mol. The molecule has 1 heterocycles. The van der Waals surface area contributed by atoms with Crippen LogP contribution in [-0.4, -0.2) is 18.5 Å². The van der Waals surface area contributed by atoms with Crippen LogP contribution in [0.2, 0.25) is 0 Å². The van der Waals surface area contributed by atoms with E-state index in [1.54, 1.807) is 0 Å². The lowest BCUT2D eigenvalue weighted by Gasteiger charge is -2.21. The maximum Gasteiger partial charge on any atom is 0.0979 e. The van der Waals surface area contributed by atoms with Crippen molar-refractivity contribution in [1.82, 2.24) is 4.90 Å². The summed E-state index contributed by atoms with van der Waals surface area (Å²) < 4.78 is 0. The molecule has 0 radical (unpaired) electrons. The summed E-state index contributed by atoms with van der Waals surface area (Å²) in [6.07, 6.45) is 0. The molecule has 0 bridgehead atoms. The normalized spacial score (nSPS) is 21.7. The summed E-state index contributed by atoms with van der Waals surface area (Å²) in [6.45, 7) is 0.641. The van der Waals surface area contributed by atoms with Gasteiger partial charge in [0.1, 0.15) is 0 Å². The minimum absolute atomic E-state index is 0.0563. The van der Waals surface area contributed by atoms with Crippen LogP contribution in [0.3, 0.4) is 0 Å². The molecular formula is C12H13N3. The summed E-state index contributed by atoms with van der Waals surface area (Å²) in [4.78, 5) is 2.09. The zero-order valence-electron chi connectivity index (χ0n) is 8.64. The number of nitrogens with two attached hydrogens (primary N) is 1. The van der Waals surface area contributed by atoms with Gasteiger partial charge in [-0.15, -0.1) is 0 Å². The molecule has 3 nitrogen and oxygen atoms in total. The van der Waals surface area contributed by atoms with Gasteiger partial charge in [0, 0.05) is 12.2 Å². The van der Waals surface area contributed by atoms with Gasteiger partial charge in [-0.3, -0.25) is 4.90 Å². The molecule has 0 spiro atoms. The van der Waals surface area contributed by atoms with Crippen molar-refractivity contribution in [1.29, 1.82) is 5.26 Å². The lowest BCUT2D eigenvalue weighted by molar-refractivity contribution is 0.328. The Bertz CT molecular complexity index is 428. The molecule has 1 aliphatic rings. The molecule has 1 atom stereocenters. The van der Waals surface area contributed by atoms with E-state index in [1.807, 2.05) is 37.4 Å². The summed E-state index contributed by atoms with van der Waals surface area (Å²) in [5.74, 6) is 0. The van der Waals surface area contributed by atoms with Crippen LogP contribution in [0.25, 0.3) is 0 Å². The van der Waals surface area contributed by atoms with Gasteiger partial charge in [-0.05, 0) is 12.6 Å². The number of nitrogens with zero attached hydrogens (tertiary/aromatic N) is 2. The second-order valence-corrected chi connectivity index (χ2v) is 3.77. The van der Waals surface area contributed by atoms with Crippen LogP contribution in [0.15, 0.2) is 41.6 Å². The van der Waals surface area contributed by atoms with Crippen molar-refractivity contribution in [2.75, 3.05) is 13.6 Å². The van der Waals surface area contributed by atoms with E-state index in [9.17, 15) is 0 Å². The van der Waals surface area contributed by atoms with Gasteiger partial charge in [-0.2, -0.15) is 5.26 Å². The quantitative estimate of drug-likeness (QED) is 0.744. The van der Waals surface area contributed by atoms with E-state index in [1.165, 1.54) is 0 Å². The third-order valence-corrected chi connectivity index (χ3v) is 2.74. The van der Waals surface area contributed by atoms with Crippen LogP contribution >= 0.6 is 0 Å². The van der Waals surface area contributed by atoms with Gasteiger partial charge in [0.25, 0.3) is 0 Å². The fraction of sp³-hybridized carbons (Fsp3) is 0.250. The van der Waals surface area contributed by atoms with Gasteiger partial charge < -0.3 is 5.73 Å². The monoisotopic (exact) mass is 199 g/mol. The molecule has 2 rings (SSSR count). The topological polar surface area (TPSA) is 53.0 Å². The Hall–Kier alpha value is -1.79. The smallest absolute Gasteiger partial charge is 0.0979 e. The van der Waals surface area contributed by atoms with Crippen LogP contribution in [0.1, 0.15) is 11.6 Å². The lowest BCUT2D eigenvalue weighted by Crippen LogP contribution is -2.22. The van der Waals surface area contributed by atoms with Crippen molar-refractivity contribution in [2.24, 2.45) is 5.73 Å². The number of hydrogen-bond donors (Lipinski definition) is 1. The lowest BCUT2D eigenvalue weighted by atomic mass is 10.0. The highest BCUT2D eigenvalue weighted by Crippen LogP contribution is 2.32. The van der Waals surface area contributed by atoms with E-state index in [2.05, 4.69) is 11.0 Å². The van der Waals surface area contributed by atoms with Crippen molar-refractivity contribution in [3.05, 3.63) is 47.2 Å². The van der Waals surface area contributed by atoms with Crippen LogP contribution in [0.5, 0.6) is 0 Å². The fourth-order valence-corrected chi connectivity index (χ4v) is 2.00. The number of likely N-dealkylation sites (N-methyl/N-ethyl adjacent to an activating group) is 1. The Morgan fingerprint density at radius 2 is 2.07 bits per heavy atom. The van der Waals surface area contributed by atoms with Crippen molar-refractivity contribution >= 4 is 0 Å². The second-order valence-electron chi connectivity index (χ2n) is 3.77. The Morgan fingerprint density at radius 3 is 2.60 bits per heavy atom. The molecule has 2 N–H and O–H groups in total. The van der Waals surface area contributed by atoms with Gasteiger partial charge in [0.15, 0.2) is 0 Å². The first-order valence-corrected chi connectivity index (χ1v) is 4.88. The Kier molecular flexibility index (Phi) is 2.44. The van der Waals surface area contributed by atoms with Crippen LogP contribution in [0, 0.1) is 11.3 Å². The van der Waals surface area contributed by atoms with E-state index in [0.717, 1.165) is 5.56 Å². The fourth-order valence-electron chi connectivity index (χ4n) is 2.00. The molecule has 0 aliphatic carbocycles. The van der Waals surface area contributed by atoms with E-state index in [-0.39, 0.29) is 6.04 Å². The first-order chi connectivity index (χ1) is 7.24. The number of rotatable bonds is 1. The molecule has 3 heteroatoms. The summed E-state index contributed by atoms with van der Waals surface area (Å²) in [5.41, 5.74) is 8.49. The third-order valence-electron chi connectivity index (χ3n) is 2.74. The predicted molar refractivity (Wildman–Crippen MR) is 58.6 cm³/mol. The molecule has 0 saturated carbocycles. The molecule has 76 valence electrons. The SMILES string of the molecule is CN1CC(C#N)=C(N)C1c1ccccc1. The first kappa shape index (κ1) is 9.75. The number of hydrogen-bond acceptors (Lipinski definition) is 3. The first-order valence-electron chi connectivity index (χ1n) is 4.88. The van der Waals surface area contributed by atoms with Crippen molar-refractivity contribution in [3.63, 3.8) is 0 Å². The van der Waals surface area contributed by atoms with Crippen LogP contribution < -0.4 is 5.73 Å². The van der Waals surface area contributed by atoms with Crippen molar-refractivity contribution in [3.8, 4) is 6.07 Å². The highest BCUT2D eigenvalue weighted by molar-refractivity contribution is 5.40. The van der Waals surface area contributed by atoms with Gasteiger partial charge in [-0.1, -0.05) is 30.3 Å². The molecule has 0 fully saturated rings. The minimum Gasteiger partial charge on any atom is -0.400 e. The van der Waals surface area contributed by atoms with E-state index in [4.69, 9.17) is 11.0 Å². The van der Waals surface area contributed by atoms with Gasteiger partial charge in [0.2, 0.25) is 0 Å². The molecule has 15 heavy (non-hydrogen) atoms. The van der Waals surface area contributed by atoms with Crippen LogP contribution in [-0.2, 0) is 0 Å². The van der Waals surface area contributed by atoms with E-state index in [0.29, 0.717) is 17.8 Å².